The standard InChI is InChI=1S/C21H23NO4/c1-4-22(13-14(2)21(24)25-3)20(23)19-15-9-5-7-11-17(15)26-18-12-8-6-10-16(18)19/h5-12,14,19H,4,13H2,1-3H3. The number of amides is 1. The average Bonchev–Trinajstić information content (AvgIpc) is 2.68. The van der Waals surface area contributed by atoms with E-state index in [4.69, 9.17) is 9.47 Å². The number of nitrogens with zero attached hydrogens (tertiary/aromatic N) is 1. The molecular formula is C21H23NO4. The largest absolute Gasteiger partial charge is 0.469 e. The Bertz CT molecular complexity index is 772. The second kappa shape index (κ2) is 7.60. The lowest BCUT2D eigenvalue weighted by Crippen LogP contribution is -2.40. The molecule has 0 aromatic heterocycles. The summed E-state index contributed by atoms with van der Waals surface area (Å²) >= 11 is 0. The molecular weight excluding hydrogens is 330 g/mol. The van der Waals surface area contributed by atoms with Gasteiger partial charge in [0.15, 0.2) is 0 Å². The molecule has 1 aliphatic rings. The summed E-state index contributed by atoms with van der Waals surface area (Å²) in [5.74, 6) is 0.217. The van der Waals surface area contributed by atoms with Crippen LogP contribution >= 0.6 is 0 Å². The maximum absolute atomic E-state index is 13.4. The number of esters is 1. The van der Waals surface area contributed by atoms with Crippen LogP contribution in [0.15, 0.2) is 48.5 Å². The summed E-state index contributed by atoms with van der Waals surface area (Å²) < 4.78 is 10.8. The van der Waals surface area contributed by atoms with Crippen LogP contribution in [0.1, 0.15) is 30.9 Å². The fraction of sp³-hybridized carbons (Fsp3) is 0.333. The Kier molecular flexibility index (Phi) is 5.26. The van der Waals surface area contributed by atoms with Gasteiger partial charge in [-0.3, -0.25) is 9.59 Å². The normalized spacial score (nSPS) is 13.8. The highest BCUT2D eigenvalue weighted by Crippen LogP contribution is 2.44. The van der Waals surface area contributed by atoms with Crippen molar-refractivity contribution in [3.05, 3.63) is 59.7 Å². The van der Waals surface area contributed by atoms with E-state index in [0.717, 1.165) is 11.1 Å². The number of likely N-dealkylation sites (N-methyl/N-ethyl adjacent to an activating group) is 1. The molecule has 3 rings (SSSR count). The minimum Gasteiger partial charge on any atom is -0.469 e. The Morgan fingerprint density at radius 2 is 1.62 bits per heavy atom. The highest BCUT2D eigenvalue weighted by molar-refractivity contribution is 5.90. The predicted molar refractivity (Wildman–Crippen MR) is 98.2 cm³/mol. The van der Waals surface area contributed by atoms with E-state index in [-0.39, 0.29) is 17.8 Å². The third kappa shape index (κ3) is 3.29. The van der Waals surface area contributed by atoms with Gasteiger partial charge in [0.05, 0.1) is 18.9 Å². The Morgan fingerprint density at radius 3 is 2.12 bits per heavy atom. The molecule has 2 aromatic carbocycles. The molecule has 1 unspecified atom stereocenters. The summed E-state index contributed by atoms with van der Waals surface area (Å²) in [5.41, 5.74) is 1.70. The summed E-state index contributed by atoms with van der Waals surface area (Å²) in [6, 6.07) is 15.2. The highest BCUT2D eigenvalue weighted by Gasteiger charge is 2.35. The lowest BCUT2D eigenvalue weighted by atomic mass is 9.86. The van der Waals surface area contributed by atoms with Gasteiger partial charge in [-0.25, -0.2) is 0 Å². The van der Waals surface area contributed by atoms with Crippen molar-refractivity contribution in [1.82, 2.24) is 4.90 Å². The lowest BCUT2D eigenvalue weighted by molar-refractivity contribution is -0.146. The topological polar surface area (TPSA) is 55.8 Å². The number of carbonyl (C=O) groups is 2. The molecule has 1 heterocycles. The molecule has 1 aliphatic heterocycles. The van der Waals surface area contributed by atoms with E-state index < -0.39 is 5.92 Å². The molecule has 136 valence electrons. The number of methoxy groups -OCH3 is 1. The lowest BCUT2D eigenvalue weighted by Gasteiger charge is -2.32. The minimum absolute atomic E-state index is 0.0357. The molecule has 26 heavy (non-hydrogen) atoms. The molecule has 1 amide bonds. The summed E-state index contributed by atoms with van der Waals surface area (Å²) in [6.07, 6.45) is 0. The highest BCUT2D eigenvalue weighted by atomic mass is 16.5. The minimum atomic E-state index is -0.444. The molecule has 5 heteroatoms. The van der Waals surface area contributed by atoms with Gasteiger partial charge in [-0.2, -0.15) is 0 Å². The maximum atomic E-state index is 13.4. The first-order chi connectivity index (χ1) is 12.6. The Balaban J connectivity index is 1.96. The van der Waals surface area contributed by atoms with Gasteiger partial charge < -0.3 is 14.4 Å². The fourth-order valence-electron chi connectivity index (χ4n) is 3.34. The van der Waals surface area contributed by atoms with Crippen LogP contribution in [-0.2, 0) is 14.3 Å². The van der Waals surface area contributed by atoms with Gasteiger partial charge in [-0.1, -0.05) is 43.3 Å². The number of hydrogen-bond donors (Lipinski definition) is 0. The van der Waals surface area contributed by atoms with Gasteiger partial charge in [0.1, 0.15) is 11.5 Å². The van der Waals surface area contributed by atoms with Crippen molar-refractivity contribution in [3.8, 4) is 11.5 Å². The molecule has 0 radical (unpaired) electrons. The van der Waals surface area contributed by atoms with E-state index >= 15 is 0 Å². The fourth-order valence-corrected chi connectivity index (χ4v) is 3.34. The Hall–Kier alpha value is -2.82. The van der Waals surface area contributed by atoms with Crippen LogP contribution in [0.5, 0.6) is 11.5 Å². The van der Waals surface area contributed by atoms with Gasteiger partial charge in [-0.05, 0) is 19.1 Å². The van der Waals surface area contributed by atoms with Crippen LogP contribution in [0.25, 0.3) is 0 Å². The zero-order valence-corrected chi connectivity index (χ0v) is 15.3. The first-order valence-corrected chi connectivity index (χ1v) is 8.79. The van der Waals surface area contributed by atoms with Gasteiger partial charge in [0.2, 0.25) is 5.91 Å². The molecule has 5 nitrogen and oxygen atoms in total. The smallest absolute Gasteiger partial charge is 0.310 e. The number of hydrogen-bond acceptors (Lipinski definition) is 4. The zero-order valence-electron chi connectivity index (χ0n) is 15.3. The summed E-state index contributed by atoms with van der Waals surface area (Å²) in [5, 5.41) is 0. The Morgan fingerprint density at radius 1 is 1.08 bits per heavy atom. The van der Waals surface area contributed by atoms with E-state index in [0.29, 0.717) is 24.6 Å². The van der Waals surface area contributed by atoms with Crippen molar-refractivity contribution >= 4 is 11.9 Å². The number of benzene rings is 2. The second-order valence-electron chi connectivity index (χ2n) is 6.41. The second-order valence-corrected chi connectivity index (χ2v) is 6.41. The van der Waals surface area contributed by atoms with E-state index in [1.54, 1.807) is 11.8 Å². The number of carbonyl (C=O) groups excluding carboxylic acids is 2. The van der Waals surface area contributed by atoms with Gasteiger partial charge >= 0.3 is 5.97 Å². The van der Waals surface area contributed by atoms with Crippen molar-refractivity contribution in [1.29, 1.82) is 0 Å². The molecule has 0 spiro atoms. The van der Waals surface area contributed by atoms with Crippen molar-refractivity contribution in [2.75, 3.05) is 20.2 Å². The first-order valence-electron chi connectivity index (χ1n) is 8.79. The molecule has 2 aromatic rings. The number of rotatable bonds is 5. The molecule has 0 N–H and O–H groups in total. The van der Waals surface area contributed by atoms with Crippen LogP contribution in [0.4, 0.5) is 0 Å². The average molecular weight is 353 g/mol. The van der Waals surface area contributed by atoms with Crippen molar-refractivity contribution in [3.63, 3.8) is 0 Å². The third-order valence-corrected chi connectivity index (χ3v) is 4.72. The SMILES string of the molecule is CCN(CC(C)C(=O)OC)C(=O)C1c2ccccc2Oc2ccccc21. The van der Waals surface area contributed by atoms with Crippen LogP contribution < -0.4 is 4.74 Å². The van der Waals surface area contributed by atoms with E-state index in [2.05, 4.69) is 0 Å². The molecule has 1 atom stereocenters. The van der Waals surface area contributed by atoms with E-state index in [1.807, 2.05) is 55.5 Å². The van der Waals surface area contributed by atoms with Gasteiger partial charge in [-0.15, -0.1) is 0 Å². The van der Waals surface area contributed by atoms with E-state index in [9.17, 15) is 9.59 Å². The van der Waals surface area contributed by atoms with Crippen molar-refractivity contribution in [2.45, 2.75) is 19.8 Å². The van der Waals surface area contributed by atoms with Crippen LogP contribution in [0.2, 0.25) is 0 Å². The van der Waals surface area contributed by atoms with Crippen LogP contribution in [0, 0.1) is 5.92 Å². The van der Waals surface area contributed by atoms with Crippen molar-refractivity contribution < 1.29 is 19.1 Å². The molecule has 0 bridgehead atoms. The Labute approximate surface area is 153 Å². The third-order valence-electron chi connectivity index (χ3n) is 4.72. The van der Waals surface area contributed by atoms with Gasteiger partial charge in [0, 0.05) is 24.2 Å². The number of ether oxygens (including phenoxy) is 2. The molecule has 0 saturated carbocycles. The summed E-state index contributed by atoms with van der Waals surface area (Å²) in [4.78, 5) is 26.9. The zero-order chi connectivity index (χ0) is 18.7. The van der Waals surface area contributed by atoms with Gasteiger partial charge in [0.25, 0.3) is 0 Å². The first kappa shape index (κ1) is 18.0. The van der Waals surface area contributed by atoms with Crippen LogP contribution in [-0.4, -0.2) is 37.0 Å². The maximum Gasteiger partial charge on any atom is 0.310 e. The predicted octanol–water partition coefficient (Wildman–Crippen LogP) is 3.58. The quantitative estimate of drug-likeness (QED) is 0.771. The molecule has 0 aliphatic carbocycles. The van der Waals surface area contributed by atoms with Crippen LogP contribution in [0.3, 0.4) is 0 Å². The number of para-hydroxylation sites is 2. The number of fused-ring (bicyclic) bond motifs is 2. The molecule has 0 fully saturated rings. The van der Waals surface area contributed by atoms with Crippen molar-refractivity contribution in [2.24, 2.45) is 5.92 Å². The summed E-state index contributed by atoms with van der Waals surface area (Å²) in [7, 11) is 1.36. The summed E-state index contributed by atoms with van der Waals surface area (Å²) in [6.45, 7) is 4.53. The molecule has 0 saturated heterocycles. The van der Waals surface area contributed by atoms with E-state index in [1.165, 1.54) is 7.11 Å². The monoisotopic (exact) mass is 353 g/mol.